The SMILES string of the molecule is CCC[C@H](CC(C)(C)OC)NC(=O)OC(C)(C)C. The molecule has 0 aliphatic carbocycles. The van der Waals surface area contributed by atoms with Crippen LogP contribution in [0.3, 0.4) is 0 Å². The van der Waals surface area contributed by atoms with Crippen molar-refractivity contribution < 1.29 is 14.3 Å². The molecule has 0 aromatic rings. The maximum atomic E-state index is 11.7. The summed E-state index contributed by atoms with van der Waals surface area (Å²) in [4.78, 5) is 11.7. The van der Waals surface area contributed by atoms with Crippen LogP contribution in [0.1, 0.15) is 60.8 Å². The van der Waals surface area contributed by atoms with Crippen LogP contribution >= 0.6 is 0 Å². The molecule has 1 N–H and O–H groups in total. The van der Waals surface area contributed by atoms with Crippen LogP contribution < -0.4 is 5.32 Å². The maximum absolute atomic E-state index is 11.7. The first-order valence-corrected chi connectivity index (χ1v) is 6.64. The van der Waals surface area contributed by atoms with Gasteiger partial charge in [-0.25, -0.2) is 4.79 Å². The lowest BCUT2D eigenvalue weighted by atomic mass is 9.96. The van der Waals surface area contributed by atoms with Gasteiger partial charge in [0.2, 0.25) is 0 Å². The molecular weight excluding hydrogens is 230 g/mol. The number of carbonyl (C=O) groups excluding carboxylic acids is 1. The number of ether oxygens (including phenoxy) is 2. The first-order chi connectivity index (χ1) is 8.09. The fourth-order valence-corrected chi connectivity index (χ4v) is 1.72. The third-order valence-electron chi connectivity index (χ3n) is 2.65. The molecule has 0 rings (SSSR count). The van der Waals surface area contributed by atoms with Crippen molar-refractivity contribution in [1.82, 2.24) is 5.32 Å². The standard InChI is InChI=1S/C14H29NO3/c1-8-9-11(10-14(5,6)17-7)15-12(16)18-13(2,3)4/h11H,8-10H2,1-7H3,(H,15,16)/t11-/m1/s1. The van der Waals surface area contributed by atoms with Gasteiger partial charge in [0.05, 0.1) is 5.60 Å². The molecule has 0 saturated heterocycles. The predicted molar refractivity (Wildman–Crippen MR) is 73.8 cm³/mol. The molecule has 4 heteroatoms. The Labute approximate surface area is 111 Å². The van der Waals surface area contributed by atoms with Crippen molar-refractivity contribution in [1.29, 1.82) is 0 Å². The summed E-state index contributed by atoms with van der Waals surface area (Å²) in [5.41, 5.74) is -0.702. The molecule has 0 aromatic carbocycles. The average molecular weight is 259 g/mol. The van der Waals surface area contributed by atoms with E-state index in [0.29, 0.717) is 0 Å². The van der Waals surface area contributed by atoms with Gasteiger partial charge in [-0.1, -0.05) is 13.3 Å². The second-order valence-corrected chi connectivity index (χ2v) is 6.30. The molecule has 0 radical (unpaired) electrons. The van der Waals surface area contributed by atoms with Crippen molar-refractivity contribution >= 4 is 6.09 Å². The van der Waals surface area contributed by atoms with E-state index in [1.165, 1.54) is 0 Å². The summed E-state index contributed by atoms with van der Waals surface area (Å²) in [6.45, 7) is 11.7. The normalized spacial score (nSPS) is 14.2. The second kappa shape index (κ2) is 6.98. The van der Waals surface area contributed by atoms with Gasteiger partial charge in [-0.2, -0.15) is 0 Å². The van der Waals surface area contributed by atoms with Gasteiger partial charge in [0.15, 0.2) is 0 Å². The highest BCUT2D eigenvalue weighted by molar-refractivity contribution is 5.68. The van der Waals surface area contributed by atoms with Gasteiger partial charge in [-0.3, -0.25) is 0 Å². The molecule has 0 fully saturated rings. The summed E-state index contributed by atoms with van der Waals surface area (Å²) < 4.78 is 10.7. The summed E-state index contributed by atoms with van der Waals surface area (Å²) >= 11 is 0. The Bertz CT molecular complexity index is 256. The van der Waals surface area contributed by atoms with Gasteiger partial charge in [-0.05, 0) is 47.5 Å². The molecule has 18 heavy (non-hydrogen) atoms. The van der Waals surface area contributed by atoms with E-state index in [-0.39, 0.29) is 17.7 Å². The number of hydrogen-bond donors (Lipinski definition) is 1. The quantitative estimate of drug-likeness (QED) is 0.794. The van der Waals surface area contributed by atoms with E-state index >= 15 is 0 Å². The van der Waals surface area contributed by atoms with Crippen LogP contribution in [0.25, 0.3) is 0 Å². The molecule has 0 heterocycles. The summed E-state index contributed by atoms with van der Waals surface area (Å²) in [7, 11) is 1.69. The van der Waals surface area contributed by atoms with Gasteiger partial charge < -0.3 is 14.8 Å². The van der Waals surface area contributed by atoms with E-state index < -0.39 is 5.60 Å². The smallest absolute Gasteiger partial charge is 0.407 e. The highest BCUT2D eigenvalue weighted by Gasteiger charge is 2.25. The van der Waals surface area contributed by atoms with Gasteiger partial charge in [-0.15, -0.1) is 0 Å². The van der Waals surface area contributed by atoms with E-state index in [9.17, 15) is 4.79 Å². The molecule has 0 unspecified atom stereocenters. The van der Waals surface area contributed by atoms with Crippen molar-refractivity contribution in [2.24, 2.45) is 0 Å². The van der Waals surface area contributed by atoms with Crippen LogP contribution in [-0.2, 0) is 9.47 Å². The summed E-state index contributed by atoms with van der Waals surface area (Å²) in [5.74, 6) is 0. The molecule has 0 bridgehead atoms. The van der Waals surface area contributed by atoms with Crippen molar-refractivity contribution in [3.05, 3.63) is 0 Å². The Morgan fingerprint density at radius 3 is 2.17 bits per heavy atom. The number of nitrogens with one attached hydrogen (secondary N) is 1. The second-order valence-electron chi connectivity index (χ2n) is 6.30. The lowest BCUT2D eigenvalue weighted by molar-refractivity contribution is 0.00362. The summed E-state index contributed by atoms with van der Waals surface area (Å²) in [5, 5.41) is 2.92. The molecule has 1 amide bonds. The molecule has 4 nitrogen and oxygen atoms in total. The third kappa shape index (κ3) is 8.34. The fraction of sp³-hybridized carbons (Fsp3) is 0.929. The largest absolute Gasteiger partial charge is 0.444 e. The van der Waals surface area contributed by atoms with Crippen molar-refractivity contribution in [2.45, 2.75) is 78.0 Å². The number of rotatable bonds is 6. The Balaban J connectivity index is 4.40. The minimum atomic E-state index is -0.461. The Kier molecular flexibility index (Phi) is 6.68. The Morgan fingerprint density at radius 2 is 1.78 bits per heavy atom. The molecular formula is C14H29NO3. The minimum Gasteiger partial charge on any atom is -0.444 e. The zero-order chi connectivity index (χ0) is 14.4. The molecule has 0 aliphatic heterocycles. The van der Waals surface area contributed by atoms with Gasteiger partial charge in [0.1, 0.15) is 5.60 Å². The van der Waals surface area contributed by atoms with Gasteiger partial charge in [0, 0.05) is 13.2 Å². The van der Waals surface area contributed by atoms with Crippen LogP contribution in [0.15, 0.2) is 0 Å². The van der Waals surface area contributed by atoms with Crippen LogP contribution in [0.2, 0.25) is 0 Å². The van der Waals surface area contributed by atoms with Crippen molar-refractivity contribution in [2.75, 3.05) is 7.11 Å². The van der Waals surface area contributed by atoms with E-state index in [2.05, 4.69) is 12.2 Å². The van der Waals surface area contributed by atoms with Crippen molar-refractivity contribution in [3.8, 4) is 0 Å². The average Bonchev–Trinajstić information content (AvgIpc) is 2.14. The van der Waals surface area contributed by atoms with E-state index in [1.807, 2.05) is 34.6 Å². The fourth-order valence-electron chi connectivity index (χ4n) is 1.72. The molecule has 0 aromatic heterocycles. The Hall–Kier alpha value is -0.770. The molecule has 0 aliphatic rings. The zero-order valence-electron chi connectivity index (χ0n) is 12.9. The lowest BCUT2D eigenvalue weighted by Crippen LogP contribution is -2.43. The van der Waals surface area contributed by atoms with E-state index in [0.717, 1.165) is 19.3 Å². The van der Waals surface area contributed by atoms with Crippen molar-refractivity contribution in [3.63, 3.8) is 0 Å². The number of alkyl carbamates (subject to hydrolysis) is 1. The number of amides is 1. The zero-order valence-corrected chi connectivity index (χ0v) is 12.9. The van der Waals surface area contributed by atoms with Crippen LogP contribution in [0, 0.1) is 0 Å². The van der Waals surface area contributed by atoms with E-state index in [4.69, 9.17) is 9.47 Å². The topological polar surface area (TPSA) is 47.6 Å². The highest BCUT2D eigenvalue weighted by atomic mass is 16.6. The van der Waals surface area contributed by atoms with Crippen LogP contribution in [0.4, 0.5) is 4.79 Å². The number of hydrogen-bond acceptors (Lipinski definition) is 3. The highest BCUT2D eigenvalue weighted by Crippen LogP contribution is 2.18. The molecule has 1 atom stereocenters. The van der Waals surface area contributed by atoms with Crippen LogP contribution in [-0.4, -0.2) is 30.4 Å². The van der Waals surface area contributed by atoms with Gasteiger partial charge >= 0.3 is 6.09 Å². The number of carbonyl (C=O) groups is 1. The summed E-state index contributed by atoms with van der Waals surface area (Å²) in [6.07, 6.45) is 2.36. The summed E-state index contributed by atoms with van der Waals surface area (Å²) in [6, 6.07) is 0.0831. The first kappa shape index (κ1) is 17.2. The lowest BCUT2D eigenvalue weighted by Gasteiger charge is -2.30. The Morgan fingerprint density at radius 1 is 1.22 bits per heavy atom. The maximum Gasteiger partial charge on any atom is 0.407 e. The monoisotopic (exact) mass is 259 g/mol. The number of methoxy groups -OCH3 is 1. The van der Waals surface area contributed by atoms with Gasteiger partial charge in [0.25, 0.3) is 0 Å². The van der Waals surface area contributed by atoms with E-state index in [1.54, 1.807) is 7.11 Å². The molecule has 0 saturated carbocycles. The third-order valence-corrected chi connectivity index (χ3v) is 2.65. The molecule has 0 spiro atoms. The first-order valence-electron chi connectivity index (χ1n) is 6.64. The minimum absolute atomic E-state index is 0.0831. The van der Waals surface area contributed by atoms with Crippen LogP contribution in [0.5, 0.6) is 0 Å². The predicted octanol–water partition coefficient (Wildman–Crippen LogP) is 3.49. The molecule has 108 valence electrons.